The molecule has 0 saturated heterocycles. The van der Waals surface area contributed by atoms with Crippen molar-refractivity contribution in [2.45, 2.75) is 13.5 Å². The SMILES string of the molecule is COc1cccc(F)c1CNc1cc(C(=O)SN(C)C)cc2c1nc(C)n2C. The minimum absolute atomic E-state index is 0.0720. The van der Waals surface area contributed by atoms with Gasteiger partial charge in [-0.15, -0.1) is 0 Å². The number of aromatic nitrogens is 2. The molecule has 148 valence electrons. The van der Waals surface area contributed by atoms with Gasteiger partial charge in [0.2, 0.25) is 5.12 Å². The van der Waals surface area contributed by atoms with Crippen LogP contribution in [0.3, 0.4) is 0 Å². The number of benzene rings is 2. The predicted octanol–water partition coefficient (Wildman–Crippen LogP) is 3.99. The maximum absolute atomic E-state index is 14.3. The monoisotopic (exact) mass is 402 g/mol. The lowest BCUT2D eigenvalue weighted by Crippen LogP contribution is -2.08. The Hall–Kier alpha value is -2.58. The third-order valence-electron chi connectivity index (χ3n) is 4.46. The van der Waals surface area contributed by atoms with Gasteiger partial charge in [-0.25, -0.2) is 13.7 Å². The second kappa shape index (κ2) is 8.20. The van der Waals surface area contributed by atoms with Gasteiger partial charge in [-0.1, -0.05) is 6.07 Å². The van der Waals surface area contributed by atoms with Crippen molar-refractivity contribution in [2.75, 3.05) is 26.5 Å². The lowest BCUT2D eigenvalue weighted by Gasteiger charge is -2.13. The molecule has 0 radical (unpaired) electrons. The molecule has 0 aliphatic carbocycles. The maximum atomic E-state index is 14.3. The van der Waals surface area contributed by atoms with Gasteiger partial charge in [0, 0.05) is 36.7 Å². The molecule has 1 aromatic heterocycles. The summed E-state index contributed by atoms with van der Waals surface area (Å²) in [7, 11) is 7.05. The minimum atomic E-state index is -0.351. The number of aryl methyl sites for hydroxylation is 2. The van der Waals surface area contributed by atoms with Crippen LogP contribution in [-0.2, 0) is 13.6 Å². The van der Waals surface area contributed by atoms with E-state index < -0.39 is 0 Å². The molecule has 0 bridgehead atoms. The van der Waals surface area contributed by atoms with Crippen LogP contribution in [0.25, 0.3) is 11.0 Å². The van der Waals surface area contributed by atoms with E-state index in [1.807, 2.05) is 38.7 Å². The number of ether oxygens (including phenoxy) is 1. The molecule has 0 saturated carbocycles. The summed E-state index contributed by atoms with van der Waals surface area (Å²) >= 11 is 1.12. The fraction of sp³-hybridized carbons (Fsp3) is 0.300. The van der Waals surface area contributed by atoms with E-state index in [9.17, 15) is 9.18 Å². The van der Waals surface area contributed by atoms with E-state index in [2.05, 4.69) is 10.3 Å². The Kier molecular flexibility index (Phi) is 5.90. The molecule has 0 fully saturated rings. The van der Waals surface area contributed by atoms with Gasteiger partial charge < -0.3 is 14.6 Å². The van der Waals surface area contributed by atoms with Gasteiger partial charge in [-0.05, 0) is 45.3 Å². The highest BCUT2D eigenvalue weighted by Crippen LogP contribution is 2.29. The number of fused-ring (bicyclic) bond motifs is 1. The summed E-state index contributed by atoms with van der Waals surface area (Å²) in [6.45, 7) is 2.11. The number of halogens is 1. The van der Waals surface area contributed by atoms with Crippen LogP contribution in [0.15, 0.2) is 30.3 Å². The fourth-order valence-electron chi connectivity index (χ4n) is 2.96. The molecule has 1 heterocycles. The minimum Gasteiger partial charge on any atom is -0.496 e. The van der Waals surface area contributed by atoms with E-state index in [4.69, 9.17) is 4.74 Å². The summed E-state index contributed by atoms with van der Waals surface area (Å²) in [5, 5.41) is 3.17. The quantitative estimate of drug-likeness (QED) is 0.629. The first-order chi connectivity index (χ1) is 13.3. The maximum Gasteiger partial charge on any atom is 0.234 e. The molecule has 0 unspecified atom stereocenters. The highest BCUT2D eigenvalue weighted by molar-refractivity contribution is 8.12. The van der Waals surface area contributed by atoms with Crippen LogP contribution in [-0.4, -0.2) is 40.2 Å². The lowest BCUT2D eigenvalue weighted by atomic mass is 10.1. The van der Waals surface area contributed by atoms with Crippen LogP contribution in [0.1, 0.15) is 21.7 Å². The van der Waals surface area contributed by atoms with Crippen molar-refractivity contribution < 1.29 is 13.9 Å². The molecule has 28 heavy (non-hydrogen) atoms. The summed E-state index contributed by atoms with van der Waals surface area (Å²) in [4.78, 5) is 17.2. The van der Waals surface area contributed by atoms with E-state index in [-0.39, 0.29) is 17.5 Å². The Morgan fingerprint density at radius 3 is 2.79 bits per heavy atom. The number of rotatable bonds is 6. The second-order valence-corrected chi connectivity index (χ2v) is 7.86. The number of nitrogens with zero attached hydrogens (tertiary/aromatic N) is 3. The average Bonchev–Trinajstić information content (AvgIpc) is 2.94. The summed E-state index contributed by atoms with van der Waals surface area (Å²) in [5.74, 6) is 0.943. The fourth-order valence-corrected chi connectivity index (χ4v) is 3.51. The van der Waals surface area contributed by atoms with E-state index in [0.717, 1.165) is 28.8 Å². The molecule has 6 nitrogen and oxygen atoms in total. The molecule has 2 aromatic carbocycles. The van der Waals surface area contributed by atoms with Crippen molar-refractivity contribution in [1.29, 1.82) is 0 Å². The molecule has 0 aliphatic heterocycles. The number of hydrogen-bond acceptors (Lipinski definition) is 6. The first-order valence-electron chi connectivity index (χ1n) is 8.73. The molecule has 0 aliphatic rings. The lowest BCUT2D eigenvalue weighted by molar-refractivity contribution is 0.108. The highest BCUT2D eigenvalue weighted by Gasteiger charge is 2.17. The van der Waals surface area contributed by atoms with Crippen molar-refractivity contribution in [1.82, 2.24) is 13.9 Å². The van der Waals surface area contributed by atoms with Gasteiger partial charge in [-0.3, -0.25) is 4.79 Å². The summed E-state index contributed by atoms with van der Waals surface area (Å²) in [6.07, 6.45) is 0. The third kappa shape index (κ3) is 3.98. The summed E-state index contributed by atoms with van der Waals surface area (Å²) in [6, 6.07) is 8.32. The number of imidazole rings is 1. The molecular formula is C20H23FN4O2S. The molecular weight excluding hydrogens is 379 g/mol. The van der Waals surface area contributed by atoms with Crippen molar-refractivity contribution in [3.63, 3.8) is 0 Å². The zero-order chi connectivity index (χ0) is 20.4. The Labute approximate surface area is 167 Å². The smallest absolute Gasteiger partial charge is 0.234 e. The molecule has 8 heteroatoms. The standard InChI is InChI=1S/C20H23FN4O2S/c1-12-23-19-16(22-11-14-15(21)7-6-8-18(14)27-5)9-13(10-17(19)25(12)4)20(26)28-24(2)3/h6-10,22H,11H2,1-5H3. The molecule has 0 amide bonds. The normalized spacial score (nSPS) is 11.2. The van der Waals surface area contributed by atoms with Crippen LogP contribution < -0.4 is 10.1 Å². The van der Waals surface area contributed by atoms with Crippen LogP contribution in [0.4, 0.5) is 10.1 Å². The summed E-state index contributed by atoms with van der Waals surface area (Å²) < 4.78 is 23.2. The Bertz CT molecular complexity index is 1030. The molecule has 0 atom stereocenters. The first kappa shape index (κ1) is 20.2. The van der Waals surface area contributed by atoms with Gasteiger partial charge >= 0.3 is 0 Å². The highest BCUT2D eigenvalue weighted by atomic mass is 32.2. The zero-order valence-corrected chi connectivity index (χ0v) is 17.4. The molecule has 0 spiro atoms. The van der Waals surface area contributed by atoms with Crippen molar-refractivity contribution >= 4 is 33.8 Å². The Morgan fingerprint density at radius 2 is 2.11 bits per heavy atom. The van der Waals surface area contributed by atoms with Crippen molar-refractivity contribution in [2.24, 2.45) is 7.05 Å². The topological polar surface area (TPSA) is 59.4 Å². The van der Waals surface area contributed by atoms with Crippen LogP contribution in [0.5, 0.6) is 5.75 Å². The van der Waals surface area contributed by atoms with Crippen molar-refractivity contribution in [3.8, 4) is 5.75 Å². The van der Waals surface area contributed by atoms with Gasteiger partial charge in [0.15, 0.2) is 0 Å². The molecule has 1 N–H and O–H groups in total. The molecule has 3 aromatic rings. The number of methoxy groups -OCH3 is 1. The number of carbonyl (C=O) groups excluding carboxylic acids is 1. The molecule has 3 rings (SSSR count). The van der Waals surface area contributed by atoms with Crippen LogP contribution >= 0.6 is 11.9 Å². The van der Waals surface area contributed by atoms with Gasteiger partial charge in [0.05, 0.1) is 18.3 Å². The van der Waals surface area contributed by atoms with Crippen LogP contribution in [0.2, 0.25) is 0 Å². The number of nitrogens with one attached hydrogen (secondary N) is 1. The summed E-state index contributed by atoms with van der Waals surface area (Å²) in [5.41, 5.74) is 3.23. The first-order valence-corrected chi connectivity index (χ1v) is 9.51. The average molecular weight is 402 g/mol. The second-order valence-electron chi connectivity index (χ2n) is 6.57. The third-order valence-corrected chi connectivity index (χ3v) is 5.23. The Balaban J connectivity index is 2.02. The van der Waals surface area contributed by atoms with Gasteiger partial charge in [-0.2, -0.15) is 0 Å². The van der Waals surface area contributed by atoms with Crippen molar-refractivity contribution in [3.05, 3.63) is 53.1 Å². The van der Waals surface area contributed by atoms with E-state index in [1.165, 1.54) is 13.2 Å². The van der Waals surface area contributed by atoms with E-state index in [0.29, 0.717) is 22.6 Å². The van der Waals surface area contributed by atoms with Gasteiger partial charge in [0.1, 0.15) is 22.9 Å². The number of hydrogen-bond donors (Lipinski definition) is 1. The Morgan fingerprint density at radius 1 is 1.36 bits per heavy atom. The van der Waals surface area contributed by atoms with E-state index >= 15 is 0 Å². The van der Waals surface area contributed by atoms with E-state index in [1.54, 1.807) is 22.5 Å². The van der Waals surface area contributed by atoms with Gasteiger partial charge in [0.25, 0.3) is 0 Å². The number of anilines is 1. The largest absolute Gasteiger partial charge is 0.496 e. The predicted molar refractivity (Wildman–Crippen MR) is 111 cm³/mol. The number of carbonyl (C=O) groups is 1. The zero-order valence-electron chi connectivity index (χ0n) is 16.5. The van der Waals surface area contributed by atoms with Crippen LogP contribution in [0, 0.1) is 12.7 Å².